The Morgan fingerprint density at radius 2 is 1.51 bits per heavy atom. The summed E-state index contributed by atoms with van der Waals surface area (Å²) in [5.74, 6) is -1.65. The van der Waals surface area contributed by atoms with Crippen molar-refractivity contribution in [2.24, 2.45) is 5.10 Å². The number of aryl methyl sites for hydroxylation is 3. The minimum Gasteiger partial charge on any atom is -0.476 e. The number of para-hydroxylation sites is 1. The van der Waals surface area contributed by atoms with Gasteiger partial charge in [0.15, 0.2) is 5.71 Å². The number of hydrogen-bond donors (Lipinski definition) is 1. The fourth-order valence-corrected chi connectivity index (χ4v) is 6.53. The molecular formula is C32H30N4O3. The van der Waals surface area contributed by atoms with Gasteiger partial charge in [-0.3, -0.25) is 4.79 Å². The Balaban J connectivity index is 1.22. The number of hydrazone groups is 1. The van der Waals surface area contributed by atoms with E-state index in [2.05, 4.69) is 39.2 Å². The van der Waals surface area contributed by atoms with Crippen molar-refractivity contribution in [3.63, 3.8) is 0 Å². The van der Waals surface area contributed by atoms with Gasteiger partial charge in [0.05, 0.1) is 11.3 Å². The first-order valence-electron chi connectivity index (χ1n) is 13.8. The van der Waals surface area contributed by atoms with Gasteiger partial charge in [0.1, 0.15) is 0 Å². The molecule has 0 unspecified atom stereocenters. The molecule has 39 heavy (non-hydrogen) atoms. The number of fused-ring (bicyclic) bond motifs is 1. The average molecular weight is 519 g/mol. The predicted molar refractivity (Wildman–Crippen MR) is 154 cm³/mol. The third-order valence-corrected chi connectivity index (χ3v) is 8.24. The molecule has 4 aliphatic rings. The number of aliphatic carboxylic acids is 1. The average Bonchev–Trinajstić information content (AvgIpc) is 3.29. The van der Waals surface area contributed by atoms with Gasteiger partial charge in [-0.15, -0.1) is 0 Å². The van der Waals surface area contributed by atoms with Crippen LogP contribution in [0.25, 0.3) is 6.08 Å². The van der Waals surface area contributed by atoms with E-state index in [1.54, 1.807) is 30.3 Å². The van der Waals surface area contributed by atoms with E-state index in [9.17, 15) is 14.7 Å². The number of nitrogens with zero attached hydrogens (tertiary/aromatic N) is 4. The van der Waals surface area contributed by atoms with Crippen LogP contribution in [-0.4, -0.2) is 42.3 Å². The molecule has 0 bridgehead atoms. The number of carbonyl (C=O) groups excluding carboxylic acids is 1. The molecule has 0 aliphatic carbocycles. The van der Waals surface area contributed by atoms with Crippen LogP contribution in [0.1, 0.15) is 41.5 Å². The van der Waals surface area contributed by atoms with Crippen LogP contribution < -0.4 is 14.8 Å². The molecule has 0 fully saturated rings. The second kappa shape index (κ2) is 9.42. The first kappa shape index (κ1) is 23.7. The van der Waals surface area contributed by atoms with Crippen molar-refractivity contribution in [1.82, 2.24) is 0 Å². The van der Waals surface area contributed by atoms with E-state index in [4.69, 9.17) is 0 Å². The summed E-state index contributed by atoms with van der Waals surface area (Å²) in [4.78, 5) is 30.2. The Bertz CT molecular complexity index is 1530. The summed E-state index contributed by atoms with van der Waals surface area (Å²) in [6, 6.07) is 19.9. The van der Waals surface area contributed by atoms with Crippen LogP contribution in [0.2, 0.25) is 0 Å². The first-order valence-corrected chi connectivity index (χ1v) is 13.8. The minimum atomic E-state index is -1.22. The second-order valence-corrected chi connectivity index (χ2v) is 10.7. The highest BCUT2D eigenvalue weighted by Gasteiger charge is 2.35. The van der Waals surface area contributed by atoms with Crippen molar-refractivity contribution in [3.8, 4) is 0 Å². The maximum atomic E-state index is 13.2. The largest absolute Gasteiger partial charge is 0.476 e. The topological polar surface area (TPSA) is 76.4 Å². The van der Waals surface area contributed by atoms with Crippen LogP contribution in [0.5, 0.6) is 0 Å². The Kier molecular flexibility index (Phi) is 5.72. The molecule has 0 saturated carbocycles. The van der Waals surface area contributed by atoms with E-state index in [1.807, 2.05) is 12.1 Å². The molecular weight excluding hydrogens is 488 g/mol. The standard InChI is InChI=1S/C32H30N4O3/c37-31-27(29(32(38)39)33-36(31)25-10-2-1-3-11-25)18-21-12-13-28-22(17-21)7-6-16-35(28)26-19-23-8-4-14-34-15-5-9-24(20-26)30(23)34/h1-3,10-13,17-20H,4-9,14-16H2,(H,38,39). The molecule has 0 spiro atoms. The highest BCUT2D eigenvalue weighted by molar-refractivity contribution is 6.53. The van der Waals surface area contributed by atoms with E-state index in [1.165, 1.54) is 64.7 Å². The lowest BCUT2D eigenvalue weighted by molar-refractivity contribution is -0.129. The van der Waals surface area contributed by atoms with Crippen LogP contribution in [0.4, 0.5) is 22.7 Å². The zero-order valence-electron chi connectivity index (χ0n) is 21.8. The number of benzene rings is 3. The third kappa shape index (κ3) is 4.09. The van der Waals surface area contributed by atoms with Crippen molar-refractivity contribution < 1.29 is 14.7 Å². The van der Waals surface area contributed by atoms with Crippen LogP contribution >= 0.6 is 0 Å². The summed E-state index contributed by atoms with van der Waals surface area (Å²) < 4.78 is 0. The SMILES string of the molecule is O=C(O)C1=NN(c2ccccc2)C(=O)C1=Cc1ccc2c(c1)CCCN2c1cc2c3c(c1)CCCN3CCC2. The van der Waals surface area contributed by atoms with E-state index in [0.29, 0.717) is 5.69 Å². The fraction of sp³-hybridized carbons (Fsp3) is 0.281. The van der Waals surface area contributed by atoms with Gasteiger partial charge in [-0.05, 0) is 103 Å². The van der Waals surface area contributed by atoms with Gasteiger partial charge in [-0.1, -0.05) is 24.3 Å². The zero-order valence-corrected chi connectivity index (χ0v) is 21.8. The minimum absolute atomic E-state index is 0.0947. The summed E-state index contributed by atoms with van der Waals surface area (Å²) in [6.07, 6.45) is 8.35. The van der Waals surface area contributed by atoms with Crippen molar-refractivity contribution in [2.75, 3.05) is 34.4 Å². The number of carboxylic acid groups (broad SMARTS) is 1. The smallest absolute Gasteiger partial charge is 0.357 e. The van der Waals surface area contributed by atoms with Crippen molar-refractivity contribution in [1.29, 1.82) is 0 Å². The van der Waals surface area contributed by atoms with Gasteiger partial charge < -0.3 is 14.9 Å². The Morgan fingerprint density at radius 3 is 2.23 bits per heavy atom. The number of carboxylic acids is 1. The molecule has 3 aromatic carbocycles. The van der Waals surface area contributed by atoms with Gasteiger partial charge in [-0.25, -0.2) is 4.79 Å². The van der Waals surface area contributed by atoms with E-state index in [0.717, 1.165) is 37.8 Å². The number of carbonyl (C=O) groups is 2. The summed E-state index contributed by atoms with van der Waals surface area (Å²) in [5, 5.41) is 15.1. The van der Waals surface area contributed by atoms with E-state index >= 15 is 0 Å². The molecule has 4 heterocycles. The lowest BCUT2D eigenvalue weighted by Gasteiger charge is -2.39. The van der Waals surface area contributed by atoms with Gasteiger partial charge in [0.2, 0.25) is 0 Å². The lowest BCUT2D eigenvalue weighted by Crippen LogP contribution is -2.35. The van der Waals surface area contributed by atoms with Gasteiger partial charge in [-0.2, -0.15) is 10.1 Å². The summed E-state index contributed by atoms with van der Waals surface area (Å²) in [5.41, 5.74) is 9.31. The van der Waals surface area contributed by atoms with Crippen molar-refractivity contribution >= 4 is 46.4 Å². The Morgan fingerprint density at radius 1 is 0.821 bits per heavy atom. The van der Waals surface area contributed by atoms with E-state index in [-0.39, 0.29) is 11.3 Å². The molecule has 4 aliphatic heterocycles. The first-order chi connectivity index (χ1) is 19.1. The maximum absolute atomic E-state index is 13.2. The Hall–Kier alpha value is -4.39. The van der Waals surface area contributed by atoms with Crippen LogP contribution in [0, 0.1) is 0 Å². The molecule has 0 saturated heterocycles. The van der Waals surface area contributed by atoms with Crippen LogP contribution in [0.15, 0.2) is 71.3 Å². The molecule has 7 heteroatoms. The number of hydrogen-bond acceptors (Lipinski definition) is 5. The van der Waals surface area contributed by atoms with Crippen LogP contribution in [0.3, 0.4) is 0 Å². The van der Waals surface area contributed by atoms with Crippen molar-refractivity contribution in [3.05, 3.63) is 88.5 Å². The highest BCUT2D eigenvalue weighted by Crippen LogP contribution is 2.42. The highest BCUT2D eigenvalue weighted by atomic mass is 16.4. The molecule has 0 radical (unpaired) electrons. The zero-order chi connectivity index (χ0) is 26.5. The fourth-order valence-electron chi connectivity index (χ4n) is 6.53. The summed E-state index contributed by atoms with van der Waals surface area (Å²) >= 11 is 0. The molecule has 1 amide bonds. The number of amides is 1. The maximum Gasteiger partial charge on any atom is 0.357 e. The number of anilines is 4. The second-order valence-electron chi connectivity index (χ2n) is 10.7. The lowest BCUT2D eigenvalue weighted by atomic mass is 9.90. The molecule has 3 aromatic rings. The van der Waals surface area contributed by atoms with Gasteiger partial charge in [0, 0.05) is 36.7 Å². The molecule has 7 rings (SSSR count). The third-order valence-electron chi connectivity index (χ3n) is 8.24. The molecule has 7 nitrogen and oxygen atoms in total. The molecule has 0 atom stereocenters. The summed E-state index contributed by atoms with van der Waals surface area (Å²) in [6.45, 7) is 3.31. The van der Waals surface area contributed by atoms with Gasteiger partial charge in [0.25, 0.3) is 5.91 Å². The number of rotatable bonds is 4. The van der Waals surface area contributed by atoms with Crippen molar-refractivity contribution in [2.45, 2.75) is 38.5 Å². The molecule has 196 valence electrons. The van der Waals surface area contributed by atoms with E-state index < -0.39 is 11.9 Å². The molecule has 1 N–H and O–H groups in total. The predicted octanol–water partition coefficient (Wildman–Crippen LogP) is 5.34. The summed E-state index contributed by atoms with van der Waals surface area (Å²) in [7, 11) is 0. The normalized spacial score (nSPS) is 19.2. The Labute approximate surface area is 227 Å². The van der Waals surface area contributed by atoms with Crippen LogP contribution in [-0.2, 0) is 28.9 Å². The monoisotopic (exact) mass is 518 g/mol. The van der Waals surface area contributed by atoms with Gasteiger partial charge >= 0.3 is 5.97 Å². The quantitative estimate of drug-likeness (QED) is 0.472. The molecule has 0 aromatic heterocycles.